The molecule has 0 unspecified atom stereocenters. The number of carbonyl (C=O) groups excluding carboxylic acids is 2. The van der Waals surface area contributed by atoms with Crippen molar-refractivity contribution in [1.29, 1.82) is 0 Å². The summed E-state index contributed by atoms with van der Waals surface area (Å²) in [4.78, 5) is 32.6. The number of hydrogen-bond donors (Lipinski definition) is 2. The van der Waals surface area contributed by atoms with Gasteiger partial charge in [0.15, 0.2) is 6.29 Å². The minimum atomic E-state index is -1.11. The summed E-state index contributed by atoms with van der Waals surface area (Å²) in [5, 5.41) is 11.3. The van der Waals surface area contributed by atoms with Crippen molar-refractivity contribution in [1.82, 2.24) is 5.32 Å². The van der Waals surface area contributed by atoms with Crippen LogP contribution < -0.4 is 5.32 Å². The second-order valence-corrected chi connectivity index (χ2v) is 4.59. The largest absolute Gasteiger partial charge is 0.480 e. The Hall–Kier alpha value is -1.39. The SMILES string of the molecule is CCCC[C@H](C)CC(=O)N[C@H](CC[C]=O)C(=O)O. The summed E-state index contributed by atoms with van der Waals surface area (Å²) in [6.07, 6.45) is 5.18. The van der Waals surface area contributed by atoms with Gasteiger partial charge in [-0.3, -0.25) is 9.59 Å². The average Bonchev–Trinajstić information content (AvgIpc) is 2.31. The number of rotatable bonds is 10. The summed E-state index contributed by atoms with van der Waals surface area (Å²) in [6.45, 7) is 4.06. The van der Waals surface area contributed by atoms with E-state index in [1.807, 2.05) is 6.92 Å². The summed E-state index contributed by atoms with van der Waals surface area (Å²) in [7, 11) is 0. The summed E-state index contributed by atoms with van der Waals surface area (Å²) < 4.78 is 0. The topological polar surface area (TPSA) is 83.5 Å². The highest BCUT2D eigenvalue weighted by molar-refractivity contribution is 5.83. The predicted octanol–water partition coefficient (Wildman–Crippen LogP) is 1.66. The van der Waals surface area contributed by atoms with Crippen LogP contribution in [0.3, 0.4) is 0 Å². The van der Waals surface area contributed by atoms with Crippen molar-refractivity contribution in [3.63, 3.8) is 0 Å². The van der Waals surface area contributed by atoms with E-state index in [9.17, 15) is 14.4 Å². The van der Waals surface area contributed by atoms with Crippen LogP contribution in [0.1, 0.15) is 52.4 Å². The lowest BCUT2D eigenvalue weighted by Gasteiger charge is -2.15. The van der Waals surface area contributed by atoms with Crippen LogP contribution in [-0.4, -0.2) is 29.3 Å². The molecule has 5 heteroatoms. The number of unbranched alkanes of at least 4 members (excludes halogenated alkanes) is 1. The van der Waals surface area contributed by atoms with Crippen molar-refractivity contribution < 1.29 is 19.5 Å². The quantitative estimate of drug-likeness (QED) is 0.622. The first-order chi connectivity index (χ1) is 8.51. The first kappa shape index (κ1) is 16.6. The molecule has 103 valence electrons. The lowest BCUT2D eigenvalue weighted by molar-refractivity contribution is -0.142. The van der Waals surface area contributed by atoms with Gasteiger partial charge >= 0.3 is 5.97 Å². The molecule has 0 fully saturated rings. The van der Waals surface area contributed by atoms with E-state index < -0.39 is 12.0 Å². The van der Waals surface area contributed by atoms with Crippen LogP contribution in [0.25, 0.3) is 0 Å². The zero-order valence-electron chi connectivity index (χ0n) is 11.1. The maximum Gasteiger partial charge on any atom is 0.326 e. The highest BCUT2D eigenvalue weighted by Gasteiger charge is 2.20. The third kappa shape index (κ3) is 7.81. The van der Waals surface area contributed by atoms with Crippen molar-refractivity contribution in [2.75, 3.05) is 0 Å². The minimum absolute atomic E-state index is 0.0165. The molecule has 0 spiro atoms. The molecule has 2 atom stereocenters. The molecule has 0 saturated carbocycles. The van der Waals surface area contributed by atoms with Gasteiger partial charge in [-0.05, 0) is 12.3 Å². The second-order valence-electron chi connectivity index (χ2n) is 4.59. The van der Waals surface area contributed by atoms with Gasteiger partial charge in [0.2, 0.25) is 5.91 Å². The molecule has 0 saturated heterocycles. The number of nitrogens with one attached hydrogen (secondary N) is 1. The molecule has 0 bridgehead atoms. The standard InChI is InChI=1S/C13H22NO4/c1-3-4-6-10(2)9-12(16)14-11(13(17)18)7-5-8-15/h10-11H,3-7,9H2,1-2H3,(H,14,16)(H,17,18)/t10-,11+/m0/s1. The van der Waals surface area contributed by atoms with Gasteiger partial charge < -0.3 is 10.4 Å². The number of amides is 1. The Labute approximate surface area is 108 Å². The van der Waals surface area contributed by atoms with Gasteiger partial charge in [0.25, 0.3) is 0 Å². The van der Waals surface area contributed by atoms with Gasteiger partial charge in [-0.15, -0.1) is 0 Å². The summed E-state index contributed by atoms with van der Waals surface area (Å²) in [6, 6.07) is -0.989. The van der Waals surface area contributed by atoms with E-state index >= 15 is 0 Å². The lowest BCUT2D eigenvalue weighted by Crippen LogP contribution is -2.41. The Morgan fingerprint density at radius 3 is 2.50 bits per heavy atom. The van der Waals surface area contributed by atoms with Crippen molar-refractivity contribution >= 4 is 18.2 Å². The Morgan fingerprint density at radius 2 is 2.00 bits per heavy atom. The Kier molecular flexibility index (Phi) is 8.88. The van der Waals surface area contributed by atoms with Crippen molar-refractivity contribution in [3.05, 3.63) is 0 Å². The summed E-state index contributed by atoms with van der Waals surface area (Å²) in [5.74, 6) is -1.13. The lowest BCUT2D eigenvalue weighted by atomic mass is 10.00. The molecule has 0 aromatic carbocycles. The molecule has 0 aliphatic heterocycles. The maximum absolute atomic E-state index is 11.6. The van der Waals surface area contributed by atoms with E-state index in [2.05, 4.69) is 12.2 Å². The van der Waals surface area contributed by atoms with E-state index in [-0.39, 0.29) is 24.7 Å². The summed E-state index contributed by atoms with van der Waals surface area (Å²) in [5.41, 5.74) is 0. The van der Waals surface area contributed by atoms with E-state index in [1.54, 1.807) is 6.29 Å². The van der Waals surface area contributed by atoms with E-state index in [1.165, 1.54) is 0 Å². The fourth-order valence-electron chi connectivity index (χ4n) is 1.69. The molecule has 1 amide bonds. The average molecular weight is 256 g/mol. The second kappa shape index (κ2) is 9.62. The Bertz CT molecular complexity index is 278. The Morgan fingerprint density at radius 1 is 1.33 bits per heavy atom. The minimum Gasteiger partial charge on any atom is -0.480 e. The van der Waals surface area contributed by atoms with Crippen LogP contribution in [0.15, 0.2) is 0 Å². The fraction of sp³-hybridized carbons (Fsp3) is 0.769. The van der Waals surface area contributed by atoms with Crippen LogP contribution in [-0.2, 0) is 14.4 Å². The zero-order valence-corrected chi connectivity index (χ0v) is 11.1. The van der Waals surface area contributed by atoms with E-state index in [4.69, 9.17) is 5.11 Å². The van der Waals surface area contributed by atoms with Gasteiger partial charge in [0.1, 0.15) is 6.04 Å². The summed E-state index contributed by atoms with van der Waals surface area (Å²) >= 11 is 0. The fourth-order valence-corrected chi connectivity index (χ4v) is 1.69. The van der Waals surface area contributed by atoms with Gasteiger partial charge in [-0.25, -0.2) is 4.79 Å². The zero-order chi connectivity index (χ0) is 14.0. The van der Waals surface area contributed by atoms with Gasteiger partial charge in [-0.1, -0.05) is 33.1 Å². The van der Waals surface area contributed by atoms with Crippen LogP contribution in [0.4, 0.5) is 0 Å². The van der Waals surface area contributed by atoms with Crippen LogP contribution in [0, 0.1) is 5.92 Å². The smallest absolute Gasteiger partial charge is 0.326 e. The molecular weight excluding hydrogens is 234 g/mol. The van der Waals surface area contributed by atoms with Crippen molar-refractivity contribution in [2.24, 2.45) is 5.92 Å². The molecule has 0 aromatic rings. The first-order valence-corrected chi connectivity index (χ1v) is 6.38. The van der Waals surface area contributed by atoms with Crippen LogP contribution in [0.5, 0.6) is 0 Å². The molecule has 18 heavy (non-hydrogen) atoms. The highest BCUT2D eigenvalue weighted by atomic mass is 16.4. The maximum atomic E-state index is 11.6. The third-order valence-electron chi connectivity index (χ3n) is 2.75. The number of hydrogen-bond acceptors (Lipinski definition) is 3. The van der Waals surface area contributed by atoms with Crippen molar-refractivity contribution in [3.8, 4) is 0 Å². The van der Waals surface area contributed by atoms with E-state index in [0.29, 0.717) is 6.42 Å². The third-order valence-corrected chi connectivity index (χ3v) is 2.75. The first-order valence-electron chi connectivity index (χ1n) is 6.38. The van der Waals surface area contributed by atoms with E-state index in [0.717, 1.165) is 19.3 Å². The number of carboxylic acids is 1. The molecule has 5 nitrogen and oxygen atoms in total. The molecule has 0 aliphatic carbocycles. The molecule has 1 radical (unpaired) electrons. The highest BCUT2D eigenvalue weighted by Crippen LogP contribution is 2.11. The normalized spacial score (nSPS) is 13.7. The van der Waals surface area contributed by atoms with Gasteiger partial charge in [0, 0.05) is 12.8 Å². The molecule has 2 N–H and O–H groups in total. The van der Waals surface area contributed by atoms with Crippen molar-refractivity contribution in [2.45, 2.75) is 58.4 Å². The number of carbonyl (C=O) groups is 2. The van der Waals surface area contributed by atoms with Gasteiger partial charge in [0.05, 0.1) is 0 Å². The molecular formula is C13H22NO4. The van der Waals surface area contributed by atoms with Crippen LogP contribution in [0.2, 0.25) is 0 Å². The molecule has 0 heterocycles. The molecule has 0 aromatic heterocycles. The molecule has 0 rings (SSSR count). The number of carboxylic acid groups (broad SMARTS) is 1. The van der Waals surface area contributed by atoms with Gasteiger partial charge in [-0.2, -0.15) is 0 Å². The monoisotopic (exact) mass is 256 g/mol. The number of aliphatic carboxylic acids is 1. The van der Waals surface area contributed by atoms with Crippen LogP contribution >= 0.6 is 0 Å². The molecule has 0 aliphatic rings. The Balaban J connectivity index is 4.08. The predicted molar refractivity (Wildman–Crippen MR) is 67.8 cm³/mol.